The van der Waals surface area contributed by atoms with Gasteiger partial charge in [-0.05, 0) is 42.9 Å². The van der Waals surface area contributed by atoms with Crippen molar-refractivity contribution in [2.75, 3.05) is 5.32 Å². The molecule has 1 amide bonds. The summed E-state index contributed by atoms with van der Waals surface area (Å²) < 4.78 is 5.19. The van der Waals surface area contributed by atoms with Crippen molar-refractivity contribution in [1.82, 2.24) is 0 Å². The first-order valence-corrected chi connectivity index (χ1v) is 8.20. The molecule has 6 nitrogen and oxygen atoms in total. The highest BCUT2D eigenvalue weighted by atomic mass is 16.4. The van der Waals surface area contributed by atoms with Gasteiger partial charge in [0.1, 0.15) is 5.58 Å². The maximum Gasteiger partial charge on any atom is 0.336 e. The van der Waals surface area contributed by atoms with Gasteiger partial charge in [-0.2, -0.15) is 0 Å². The number of carboxylic acid groups (broad SMARTS) is 1. The van der Waals surface area contributed by atoms with Crippen molar-refractivity contribution in [3.05, 3.63) is 52.4 Å². The lowest BCUT2D eigenvalue weighted by Crippen LogP contribution is -2.36. The lowest BCUT2D eigenvalue weighted by molar-refractivity contribution is -0.146. The van der Waals surface area contributed by atoms with Gasteiger partial charge >= 0.3 is 11.6 Å². The summed E-state index contributed by atoms with van der Waals surface area (Å²) in [5, 5.41) is 13.0. The molecule has 0 saturated heterocycles. The molecule has 1 aromatic carbocycles. The maximum absolute atomic E-state index is 12.7. The van der Waals surface area contributed by atoms with Crippen LogP contribution >= 0.6 is 0 Å². The fourth-order valence-electron chi connectivity index (χ4n) is 4.14. The lowest BCUT2D eigenvalue weighted by atomic mass is 9.82. The highest BCUT2D eigenvalue weighted by Gasteiger charge is 2.51. The average molecular weight is 339 g/mol. The fourth-order valence-corrected chi connectivity index (χ4v) is 4.14. The minimum atomic E-state index is -0.933. The van der Waals surface area contributed by atoms with Crippen LogP contribution in [0.1, 0.15) is 12.0 Å². The fraction of sp³-hybridized carbons (Fsp3) is 0.316. The Bertz CT molecular complexity index is 973. The smallest absolute Gasteiger partial charge is 0.336 e. The third-order valence-corrected chi connectivity index (χ3v) is 5.27. The monoisotopic (exact) mass is 339 g/mol. The molecule has 0 radical (unpaired) electrons. The number of hydrogen-bond donors (Lipinski definition) is 2. The number of amides is 1. The molecule has 2 aliphatic carbocycles. The van der Waals surface area contributed by atoms with Gasteiger partial charge in [-0.3, -0.25) is 9.59 Å². The van der Waals surface area contributed by atoms with Gasteiger partial charge in [0.2, 0.25) is 5.91 Å². The molecule has 6 heteroatoms. The molecule has 0 spiro atoms. The second kappa shape index (κ2) is 5.58. The number of nitrogens with one attached hydrogen (secondary N) is 1. The van der Waals surface area contributed by atoms with Crippen LogP contribution in [-0.4, -0.2) is 17.0 Å². The van der Waals surface area contributed by atoms with Crippen LogP contribution in [0.4, 0.5) is 5.69 Å². The average Bonchev–Trinajstić information content (AvgIpc) is 3.15. The van der Waals surface area contributed by atoms with E-state index >= 15 is 0 Å². The van der Waals surface area contributed by atoms with Gasteiger partial charge < -0.3 is 14.8 Å². The molecule has 1 fully saturated rings. The minimum absolute atomic E-state index is 0.0354. The Morgan fingerprint density at radius 3 is 2.60 bits per heavy atom. The summed E-state index contributed by atoms with van der Waals surface area (Å²) in [6, 6.07) is 6.52. The van der Waals surface area contributed by atoms with Crippen LogP contribution in [0.5, 0.6) is 0 Å². The Labute approximate surface area is 143 Å². The zero-order chi connectivity index (χ0) is 17.7. The zero-order valence-electron chi connectivity index (χ0n) is 13.6. The van der Waals surface area contributed by atoms with Crippen molar-refractivity contribution in [2.24, 2.45) is 23.7 Å². The minimum Gasteiger partial charge on any atom is -0.481 e. The quantitative estimate of drug-likeness (QED) is 0.662. The molecule has 4 rings (SSSR count). The standard InChI is InChI=1S/C19H17NO5/c1-9-6-15(21)25-14-8-12(4-5-13(9)14)20-18(22)16-10-2-3-11(7-10)17(16)19(23)24/h2-6,8,10-11,16-17H,7H2,1H3,(H,20,22)(H,23,24)/t10-,11-,16+,17+/m0/s1. The molecule has 0 unspecified atom stereocenters. The number of carboxylic acids is 1. The van der Waals surface area contributed by atoms with Crippen LogP contribution in [0.25, 0.3) is 11.0 Å². The topological polar surface area (TPSA) is 96.6 Å². The summed E-state index contributed by atoms with van der Waals surface area (Å²) in [6.07, 6.45) is 4.55. The Hall–Kier alpha value is -2.89. The number of aryl methyl sites for hydroxylation is 1. The largest absolute Gasteiger partial charge is 0.481 e. The zero-order valence-corrected chi connectivity index (χ0v) is 13.6. The Morgan fingerprint density at radius 2 is 1.88 bits per heavy atom. The van der Waals surface area contributed by atoms with Crippen molar-refractivity contribution < 1.29 is 19.1 Å². The predicted molar refractivity (Wildman–Crippen MR) is 91.2 cm³/mol. The van der Waals surface area contributed by atoms with Crippen LogP contribution in [0.2, 0.25) is 0 Å². The van der Waals surface area contributed by atoms with Crippen molar-refractivity contribution >= 4 is 28.5 Å². The van der Waals surface area contributed by atoms with Gasteiger partial charge in [-0.1, -0.05) is 12.2 Å². The van der Waals surface area contributed by atoms with Crippen molar-refractivity contribution in [1.29, 1.82) is 0 Å². The number of allylic oxidation sites excluding steroid dienone is 2. The van der Waals surface area contributed by atoms with Crippen LogP contribution in [0.3, 0.4) is 0 Å². The Morgan fingerprint density at radius 1 is 1.16 bits per heavy atom. The van der Waals surface area contributed by atoms with Gasteiger partial charge in [0.05, 0.1) is 11.8 Å². The third kappa shape index (κ3) is 2.54. The number of aliphatic carboxylic acids is 1. The molecule has 2 N–H and O–H groups in total. The molecule has 1 saturated carbocycles. The number of hydrogen-bond acceptors (Lipinski definition) is 4. The normalized spacial score (nSPS) is 26.9. The van der Waals surface area contributed by atoms with Crippen molar-refractivity contribution in [3.63, 3.8) is 0 Å². The van der Waals surface area contributed by atoms with E-state index in [1.54, 1.807) is 18.2 Å². The molecule has 1 heterocycles. The molecule has 2 bridgehead atoms. The number of carbonyl (C=O) groups excluding carboxylic acids is 1. The third-order valence-electron chi connectivity index (χ3n) is 5.27. The molecular weight excluding hydrogens is 322 g/mol. The summed E-state index contributed by atoms with van der Waals surface area (Å²) >= 11 is 0. The molecule has 2 aromatic rings. The Balaban J connectivity index is 1.63. The summed E-state index contributed by atoms with van der Waals surface area (Å²) in [4.78, 5) is 35.8. The number of benzene rings is 1. The van der Waals surface area contributed by atoms with E-state index in [0.29, 0.717) is 17.7 Å². The van der Waals surface area contributed by atoms with E-state index in [2.05, 4.69) is 5.32 Å². The highest BCUT2D eigenvalue weighted by Crippen LogP contribution is 2.48. The van der Waals surface area contributed by atoms with Crippen LogP contribution in [0, 0.1) is 30.6 Å². The maximum atomic E-state index is 12.7. The van der Waals surface area contributed by atoms with E-state index < -0.39 is 23.4 Å². The van der Waals surface area contributed by atoms with Crippen LogP contribution in [0.15, 0.2) is 45.6 Å². The van der Waals surface area contributed by atoms with Gasteiger partial charge in [0, 0.05) is 23.2 Å². The molecular formula is C19H17NO5. The molecule has 25 heavy (non-hydrogen) atoms. The van der Waals surface area contributed by atoms with E-state index in [1.165, 1.54) is 6.07 Å². The molecule has 128 valence electrons. The first-order chi connectivity index (χ1) is 11.9. The van der Waals surface area contributed by atoms with E-state index in [-0.39, 0.29) is 17.7 Å². The lowest BCUT2D eigenvalue weighted by Gasteiger charge is -2.23. The van der Waals surface area contributed by atoms with Gasteiger partial charge in [0.15, 0.2) is 0 Å². The van der Waals surface area contributed by atoms with Gasteiger partial charge in [-0.25, -0.2) is 4.79 Å². The van der Waals surface area contributed by atoms with Crippen LogP contribution in [-0.2, 0) is 9.59 Å². The van der Waals surface area contributed by atoms with Crippen molar-refractivity contribution in [3.8, 4) is 0 Å². The van der Waals surface area contributed by atoms with Crippen molar-refractivity contribution in [2.45, 2.75) is 13.3 Å². The summed E-state index contributed by atoms with van der Waals surface area (Å²) in [7, 11) is 0. The van der Waals surface area contributed by atoms with E-state index in [4.69, 9.17) is 4.42 Å². The number of carbonyl (C=O) groups is 2. The van der Waals surface area contributed by atoms with E-state index in [9.17, 15) is 19.5 Å². The van der Waals surface area contributed by atoms with Crippen LogP contribution < -0.4 is 10.9 Å². The van der Waals surface area contributed by atoms with E-state index in [0.717, 1.165) is 10.9 Å². The first-order valence-electron chi connectivity index (χ1n) is 8.20. The molecule has 0 aliphatic heterocycles. The SMILES string of the molecule is Cc1cc(=O)oc2cc(NC(=O)[C@H]3[C@H](C(=O)O)[C@H]4C=C[C@H]3C4)ccc12. The number of fused-ring (bicyclic) bond motifs is 3. The molecule has 2 aliphatic rings. The number of anilines is 1. The molecule has 1 aromatic heterocycles. The summed E-state index contributed by atoms with van der Waals surface area (Å²) in [5.41, 5.74) is 1.23. The molecule has 4 atom stereocenters. The summed E-state index contributed by atoms with van der Waals surface area (Å²) in [6.45, 7) is 1.82. The highest BCUT2D eigenvalue weighted by molar-refractivity contribution is 5.97. The second-order valence-electron chi connectivity index (χ2n) is 6.79. The summed E-state index contributed by atoms with van der Waals surface area (Å²) in [5.74, 6) is -2.61. The van der Waals surface area contributed by atoms with Gasteiger partial charge in [-0.15, -0.1) is 0 Å². The van der Waals surface area contributed by atoms with Gasteiger partial charge in [0.25, 0.3) is 0 Å². The predicted octanol–water partition coefficient (Wildman–Crippen LogP) is 2.56. The Kier molecular flexibility index (Phi) is 3.49. The first kappa shape index (κ1) is 15.6. The number of rotatable bonds is 3. The van der Waals surface area contributed by atoms with E-state index in [1.807, 2.05) is 19.1 Å². The second-order valence-corrected chi connectivity index (χ2v) is 6.79.